The zero-order chi connectivity index (χ0) is 16.7. The summed E-state index contributed by atoms with van der Waals surface area (Å²) in [6.07, 6.45) is 5.87. The van der Waals surface area contributed by atoms with Crippen LogP contribution in [0.25, 0.3) is 0 Å². The van der Waals surface area contributed by atoms with Gasteiger partial charge >= 0.3 is 0 Å². The first kappa shape index (κ1) is 15.8. The number of rotatable bonds is 1. The van der Waals surface area contributed by atoms with Crippen LogP contribution in [-0.4, -0.2) is 43.3 Å². The van der Waals surface area contributed by atoms with Gasteiger partial charge in [0, 0.05) is 25.2 Å². The summed E-state index contributed by atoms with van der Waals surface area (Å²) in [4.78, 5) is 11.4. The van der Waals surface area contributed by atoms with Crippen LogP contribution >= 0.6 is 0 Å². The van der Waals surface area contributed by atoms with E-state index in [1.54, 1.807) is 12.6 Å². The van der Waals surface area contributed by atoms with Gasteiger partial charge in [0.15, 0.2) is 0 Å². The number of guanidine groups is 1. The van der Waals surface area contributed by atoms with Crippen LogP contribution in [0.3, 0.4) is 0 Å². The summed E-state index contributed by atoms with van der Waals surface area (Å²) in [5, 5.41) is 3.55. The Hall–Kier alpha value is -1.68. The van der Waals surface area contributed by atoms with Gasteiger partial charge in [0.1, 0.15) is 0 Å². The van der Waals surface area contributed by atoms with E-state index in [0.717, 1.165) is 5.96 Å². The topological polar surface area (TPSA) is 40.0 Å². The molecule has 128 valence electrons. The van der Waals surface area contributed by atoms with Crippen molar-refractivity contribution in [3.63, 3.8) is 0 Å². The van der Waals surface area contributed by atoms with Gasteiger partial charge in [-0.25, -0.2) is 4.99 Å². The fourth-order valence-corrected chi connectivity index (χ4v) is 4.89. The van der Waals surface area contributed by atoms with Gasteiger partial charge < -0.3 is 10.2 Å². The Morgan fingerprint density at radius 1 is 1.25 bits per heavy atom. The molecule has 2 heterocycles. The Kier molecular flexibility index (Phi) is 3.95. The number of hydrogen-bond donors (Lipinski definition) is 1. The van der Waals surface area contributed by atoms with Crippen molar-refractivity contribution in [2.45, 2.75) is 50.6 Å². The number of nitrogens with one attached hydrogen (secondary N) is 1. The highest BCUT2D eigenvalue weighted by Gasteiger charge is 2.46. The maximum absolute atomic E-state index is 4.53. The predicted octanol–water partition coefficient (Wildman–Crippen LogP) is 3.15. The molecule has 2 unspecified atom stereocenters. The molecule has 0 saturated carbocycles. The minimum atomic E-state index is 0.317. The zero-order valence-electron chi connectivity index (χ0n) is 15.0. The minimum absolute atomic E-state index is 0.317. The normalized spacial score (nSPS) is 30.2. The van der Waals surface area contributed by atoms with Crippen molar-refractivity contribution in [1.29, 1.82) is 0 Å². The highest BCUT2D eigenvalue weighted by atomic mass is 15.2. The quantitative estimate of drug-likeness (QED) is 0.862. The minimum Gasteiger partial charge on any atom is -0.347 e. The van der Waals surface area contributed by atoms with Crippen molar-refractivity contribution < 1.29 is 0 Å². The second kappa shape index (κ2) is 5.99. The van der Waals surface area contributed by atoms with Gasteiger partial charge in [-0.15, -0.1) is 0 Å². The average Bonchev–Trinajstić information content (AvgIpc) is 2.62. The van der Waals surface area contributed by atoms with Crippen molar-refractivity contribution in [3.05, 3.63) is 35.4 Å². The molecule has 1 aromatic carbocycles. The van der Waals surface area contributed by atoms with Gasteiger partial charge in [-0.05, 0) is 62.7 Å². The van der Waals surface area contributed by atoms with Crippen LogP contribution in [0.15, 0.2) is 34.3 Å². The van der Waals surface area contributed by atoms with Gasteiger partial charge in [-0.3, -0.25) is 4.99 Å². The molecule has 4 rings (SSSR count). The Labute approximate surface area is 145 Å². The number of hydrogen-bond acceptors (Lipinski definition) is 2. The number of fused-ring (bicyclic) bond motifs is 4. The molecule has 0 radical (unpaired) electrons. The third-order valence-corrected chi connectivity index (χ3v) is 6.29. The van der Waals surface area contributed by atoms with E-state index in [-0.39, 0.29) is 0 Å². The molecule has 0 aromatic heterocycles. The zero-order valence-corrected chi connectivity index (χ0v) is 15.0. The van der Waals surface area contributed by atoms with Crippen molar-refractivity contribution in [2.24, 2.45) is 15.9 Å². The van der Waals surface area contributed by atoms with Crippen molar-refractivity contribution in [3.8, 4) is 0 Å². The maximum atomic E-state index is 4.53. The van der Waals surface area contributed by atoms with Crippen LogP contribution in [0.1, 0.15) is 50.3 Å². The lowest BCUT2D eigenvalue weighted by molar-refractivity contribution is 0.108. The van der Waals surface area contributed by atoms with Crippen molar-refractivity contribution in [1.82, 2.24) is 10.2 Å². The van der Waals surface area contributed by atoms with E-state index in [4.69, 9.17) is 0 Å². The van der Waals surface area contributed by atoms with Gasteiger partial charge in [0.05, 0.1) is 6.04 Å². The second-order valence-corrected chi connectivity index (χ2v) is 7.81. The van der Waals surface area contributed by atoms with Crippen LogP contribution < -0.4 is 5.32 Å². The SMILES string of the molecule is CN=C1N=CC2CC3(CCN(C(C)C)CC3)c3ccccc3C2N1. The molecular weight excluding hydrogens is 296 g/mol. The van der Waals surface area contributed by atoms with Crippen LogP contribution in [0.5, 0.6) is 0 Å². The maximum Gasteiger partial charge on any atom is 0.217 e. The third kappa shape index (κ3) is 2.48. The molecule has 1 saturated heterocycles. The highest BCUT2D eigenvalue weighted by molar-refractivity contribution is 5.91. The number of piperidine rings is 1. The van der Waals surface area contributed by atoms with Gasteiger partial charge in [-0.1, -0.05) is 24.3 Å². The molecule has 1 aromatic rings. The molecule has 2 aliphatic heterocycles. The van der Waals surface area contributed by atoms with Crippen LogP contribution in [0.2, 0.25) is 0 Å². The molecule has 1 aliphatic carbocycles. The fourth-order valence-electron chi connectivity index (χ4n) is 4.89. The van der Waals surface area contributed by atoms with Crippen LogP contribution in [0.4, 0.5) is 0 Å². The number of nitrogens with zero attached hydrogens (tertiary/aromatic N) is 3. The van der Waals surface area contributed by atoms with E-state index < -0.39 is 0 Å². The van der Waals surface area contributed by atoms with Crippen LogP contribution in [0, 0.1) is 5.92 Å². The summed E-state index contributed by atoms with van der Waals surface area (Å²) in [5.41, 5.74) is 3.34. The van der Waals surface area contributed by atoms with E-state index in [1.165, 1.54) is 37.9 Å². The summed E-state index contributed by atoms with van der Waals surface area (Å²) in [6, 6.07) is 10.0. The first-order valence-corrected chi connectivity index (χ1v) is 9.24. The standard InChI is InChI=1S/C20H28N4/c1-14(2)24-10-8-20(9-11-24)12-15-13-22-19(21-3)23-18(15)16-6-4-5-7-17(16)20/h4-7,13-15,18H,8-12H2,1-3H3,(H,21,23). The molecule has 1 fully saturated rings. The predicted molar refractivity (Wildman–Crippen MR) is 99.9 cm³/mol. The Bertz CT molecular complexity index is 668. The summed E-state index contributed by atoms with van der Waals surface area (Å²) >= 11 is 0. The highest BCUT2D eigenvalue weighted by Crippen LogP contribution is 2.50. The summed E-state index contributed by atoms with van der Waals surface area (Å²) < 4.78 is 0. The van der Waals surface area contributed by atoms with Crippen molar-refractivity contribution >= 4 is 12.2 Å². The molecular formula is C20H28N4. The number of benzene rings is 1. The van der Waals surface area contributed by atoms with Gasteiger partial charge in [0.25, 0.3) is 0 Å². The van der Waals surface area contributed by atoms with E-state index in [1.807, 2.05) is 0 Å². The first-order valence-electron chi connectivity index (χ1n) is 9.24. The summed E-state index contributed by atoms with van der Waals surface area (Å²) in [7, 11) is 1.80. The smallest absolute Gasteiger partial charge is 0.217 e. The van der Waals surface area contributed by atoms with Crippen LogP contribution in [-0.2, 0) is 5.41 Å². The number of likely N-dealkylation sites (tertiary alicyclic amines) is 1. The average molecular weight is 324 g/mol. The molecule has 2 atom stereocenters. The molecule has 1 spiro atoms. The Morgan fingerprint density at radius 3 is 2.71 bits per heavy atom. The Balaban J connectivity index is 1.71. The lowest BCUT2D eigenvalue weighted by Gasteiger charge is -2.50. The molecule has 3 aliphatic rings. The monoisotopic (exact) mass is 324 g/mol. The van der Waals surface area contributed by atoms with Gasteiger partial charge in [0.2, 0.25) is 5.96 Å². The molecule has 1 N–H and O–H groups in total. The molecule has 4 heteroatoms. The van der Waals surface area contributed by atoms with Gasteiger partial charge in [-0.2, -0.15) is 0 Å². The summed E-state index contributed by atoms with van der Waals surface area (Å²) in [6.45, 7) is 7.03. The molecule has 0 amide bonds. The van der Waals surface area contributed by atoms with E-state index in [2.05, 4.69) is 64.5 Å². The second-order valence-electron chi connectivity index (χ2n) is 7.81. The lowest BCUT2D eigenvalue weighted by atomic mass is 9.60. The Morgan fingerprint density at radius 2 is 2.00 bits per heavy atom. The third-order valence-electron chi connectivity index (χ3n) is 6.29. The first-order chi connectivity index (χ1) is 11.6. The van der Waals surface area contributed by atoms with E-state index in [9.17, 15) is 0 Å². The van der Waals surface area contributed by atoms with E-state index in [0.29, 0.717) is 23.4 Å². The summed E-state index contributed by atoms with van der Waals surface area (Å²) in [5.74, 6) is 1.23. The van der Waals surface area contributed by atoms with Crippen molar-refractivity contribution in [2.75, 3.05) is 20.1 Å². The molecule has 0 bridgehead atoms. The molecule has 4 nitrogen and oxygen atoms in total. The molecule has 24 heavy (non-hydrogen) atoms. The van der Waals surface area contributed by atoms with E-state index >= 15 is 0 Å². The largest absolute Gasteiger partial charge is 0.347 e. The number of aliphatic imine (C=N–C) groups is 2. The lowest BCUT2D eigenvalue weighted by Crippen LogP contribution is -2.51. The fraction of sp³-hybridized carbons (Fsp3) is 0.600.